The Morgan fingerprint density at radius 2 is 2.31 bits per heavy atom. The molecule has 0 saturated carbocycles. The first kappa shape index (κ1) is 10.9. The van der Waals surface area contributed by atoms with Crippen LogP contribution in [0.2, 0.25) is 0 Å². The minimum Gasteiger partial charge on any atom is -0.359 e. The zero-order chi connectivity index (χ0) is 11.5. The van der Waals surface area contributed by atoms with Gasteiger partial charge in [0.25, 0.3) is 0 Å². The SMILES string of the molecule is CNC1=NC(C)N=C(N(C)c2ccsc2)N1. The van der Waals surface area contributed by atoms with Crippen LogP contribution >= 0.6 is 11.3 Å². The average molecular weight is 237 g/mol. The molecule has 0 aliphatic carbocycles. The number of hydrogen-bond donors (Lipinski definition) is 2. The number of rotatable bonds is 1. The highest BCUT2D eigenvalue weighted by Gasteiger charge is 2.16. The molecule has 0 radical (unpaired) electrons. The summed E-state index contributed by atoms with van der Waals surface area (Å²) in [5, 5.41) is 10.3. The van der Waals surface area contributed by atoms with Crippen molar-refractivity contribution < 1.29 is 0 Å². The first-order chi connectivity index (χ1) is 7.70. The zero-order valence-corrected chi connectivity index (χ0v) is 10.4. The van der Waals surface area contributed by atoms with Gasteiger partial charge in [-0.3, -0.25) is 5.32 Å². The highest BCUT2D eigenvalue weighted by Crippen LogP contribution is 2.17. The van der Waals surface area contributed by atoms with Crippen molar-refractivity contribution >= 4 is 28.9 Å². The molecule has 2 heterocycles. The fraction of sp³-hybridized carbons (Fsp3) is 0.400. The van der Waals surface area contributed by atoms with Crippen LogP contribution in [0.1, 0.15) is 6.92 Å². The van der Waals surface area contributed by atoms with Gasteiger partial charge in [-0.1, -0.05) is 0 Å². The maximum atomic E-state index is 4.44. The summed E-state index contributed by atoms with van der Waals surface area (Å²) in [5.41, 5.74) is 1.13. The smallest absolute Gasteiger partial charge is 0.207 e. The molecule has 6 heteroatoms. The predicted octanol–water partition coefficient (Wildman–Crippen LogP) is 1.06. The second-order valence-corrected chi connectivity index (χ2v) is 4.26. The molecule has 16 heavy (non-hydrogen) atoms. The van der Waals surface area contributed by atoms with Crippen LogP contribution in [-0.4, -0.2) is 32.2 Å². The van der Waals surface area contributed by atoms with Crippen LogP contribution in [0.5, 0.6) is 0 Å². The molecule has 0 saturated heterocycles. The highest BCUT2D eigenvalue weighted by atomic mass is 32.1. The van der Waals surface area contributed by atoms with E-state index in [1.807, 2.05) is 31.3 Å². The molecule has 86 valence electrons. The van der Waals surface area contributed by atoms with E-state index < -0.39 is 0 Å². The van der Waals surface area contributed by atoms with Crippen molar-refractivity contribution in [2.24, 2.45) is 9.98 Å². The molecular weight excluding hydrogens is 222 g/mol. The quantitative estimate of drug-likeness (QED) is 0.768. The van der Waals surface area contributed by atoms with Crippen molar-refractivity contribution in [3.8, 4) is 0 Å². The molecule has 0 spiro atoms. The molecule has 0 bridgehead atoms. The van der Waals surface area contributed by atoms with E-state index in [0.29, 0.717) is 0 Å². The molecule has 5 nitrogen and oxygen atoms in total. The lowest BCUT2D eigenvalue weighted by Crippen LogP contribution is -2.49. The number of hydrogen-bond acceptors (Lipinski definition) is 6. The molecular formula is C10H15N5S. The minimum absolute atomic E-state index is 0.0558. The van der Waals surface area contributed by atoms with E-state index >= 15 is 0 Å². The molecule has 1 aromatic heterocycles. The van der Waals surface area contributed by atoms with Crippen LogP contribution in [-0.2, 0) is 0 Å². The van der Waals surface area contributed by atoms with Gasteiger partial charge in [0.2, 0.25) is 5.96 Å². The van der Waals surface area contributed by atoms with Gasteiger partial charge >= 0.3 is 0 Å². The summed E-state index contributed by atoms with van der Waals surface area (Å²) in [6, 6.07) is 2.06. The fourth-order valence-electron chi connectivity index (χ4n) is 1.43. The molecule has 0 fully saturated rings. The van der Waals surface area contributed by atoms with E-state index in [1.165, 1.54) is 0 Å². The van der Waals surface area contributed by atoms with Gasteiger partial charge in [-0.15, -0.1) is 0 Å². The summed E-state index contributed by atoms with van der Waals surface area (Å²) in [7, 11) is 3.82. The Kier molecular flexibility index (Phi) is 3.09. The van der Waals surface area contributed by atoms with Crippen molar-refractivity contribution in [3.05, 3.63) is 16.8 Å². The van der Waals surface area contributed by atoms with Crippen molar-refractivity contribution in [2.45, 2.75) is 13.1 Å². The van der Waals surface area contributed by atoms with Gasteiger partial charge in [0.15, 0.2) is 5.96 Å². The number of aliphatic imine (C=N–C) groups is 2. The van der Waals surface area contributed by atoms with Gasteiger partial charge in [-0.25, -0.2) is 9.98 Å². The van der Waals surface area contributed by atoms with Gasteiger partial charge in [-0.05, 0) is 18.4 Å². The van der Waals surface area contributed by atoms with Crippen molar-refractivity contribution in [3.63, 3.8) is 0 Å². The topological polar surface area (TPSA) is 52.0 Å². The van der Waals surface area contributed by atoms with E-state index in [-0.39, 0.29) is 6.17 Å². The Bertz CT molecular complexity index is 409. The van der Waals surface area contributed by atoms with Crippen molar-refractivity contribution in [2.75, 3.05) is 19.0 Å². The summed E-state index contributed by atoms with van der Waals surface area (Å²) in [5.74, 6) is 1.56. The lowest BCUT2D eigenvalue weighted by atomic mass is 10.4. The lowest BCUT2D eigenvalue weighted by Gasteiger charge is -2.25. The Morgan fingerprint density at radius 3 is 2.94 bits per heavy atom. The van der Waals surface area contributed by atoms with E-state index in [1.54, 1.807) is 11.3 Å². The lowest BCUT2D eigenvalue weighted by molar-refractivity contribution is 0.750. The Balaban J connectivity index is 2.16. The van der Waals surface area contributed by atoms with Crippen LogP contribution < -0.4 is 15.5 Å². The third-order valence-corrected chi connectivity index (χ3v) is 2.97. The molecule has 1 unspecified atom stereocenters. The Labute approximate surface area is 98.9 Å². The Hall–Kier alpha value is -1.56. The molecule has 1 aromatic rings. The second-order valence-electron chi connectivity index (χ2n) is 3.48. The van der Waals surface area contributed by atoms with Gasteiger partial charge in [0, 0.05) is 19.5 Å². The standard InChI is InChI=1S/C10H15N5S/c1-7-12-9(11-2)14-10(13-7)15(3)8-4-5-16-6-8/h4-7H,1-3H3,(H2,11,12,13,14). The number of guanidine groups is 2. The van der Waals surface area contributed by atoms with Gasteiger partial charge in [0.1, 0.15) is 6.17 Å². The van der Waals surface area contributed by atoms with Gasteiger partial charge < -0.3 is 10.2 Å². The van der Waals surface area contributed by atoms with E-state index in [4.69, 9.17) is 0 Å². The Morgan fingerprint density at radius 1 is 1.50 bits per heavy atom. The first-order valence-electron chi connectivity index (χ1n) is 5.07. The summed E-state index contributed by atoms with van der Waals surface area (Å²) in [6.07, 6.45) is -0.0558. The molecule has 1 aliphatic rings. The summed E-state index contributed by atoms with van der Waals surface area (Å²) in [6.45, 7) is 1.96. The number of anilines is 1. The molecule has 2 rings (SSSR count). The van der Waals surface area contributed by atoms with Crippen LogP contribution in [0.25, 0.3) is 0 Å². The van der Waals surface area contributed by atoms with Crippen LogP contribution in [0.4, 0.5) is 5.69 Å². The van der Waals surface area contributed by atoms with E-state index in [2.05, 4.69) is 32.1 Å². The van der Waals surface area contributed by atoms with Crippen molar-refractivity contribution in [1.29, 1.82) is 0 Å². The average Bonchev–Trinajstić information content (AvgIpc) is 2.80. The van der Waals surface area contributed by atoms with Gasteiger partial charge in [0.05, 0.1) is 5.69 Å². The van der Waals surface area contributed by atoms with Crippen LogP contribution in [0, 0.1) is 0 Å². The maximum Gasteiger partial charge on any atom is 0.207 e. The summed E-state index contributed by atoms with van der Waals surface area (Å²) in [4.78, 5) is 10.8. The summed E-state index contributed by atoms with van der Waals surface area (Å²) >= 11 is 1.67. The normalized spacial score (nSPS) is 19.6. The first-order valence-corrected chi connectivity index (χ1v) is 6.01. The summed E-state index contributed by atoms with van der Waals surface area (Å²) < 4.78 is 0. The van der Waals surface area contributed by atoms with Crippen LogP contribution in [0.3, 0.4) is 0 Å². The fourth-order valence-corrected chi connectivity index (χ4v) is 2.10. The predicted molar refractivity (Wildman–Crippen MR) is 69.2 cm³/mol. The maximum absolute atomic E-state index is 4.44. The highest BCUT2D eigenvalue weighted by molar-refractivity contribution is 7.08. The molecule has 2 N–H and O–H groups in total. The number of thiophene rings is 1. The monoisotopic (exact) mass is 237 g/mol. The third-order valence-electron chi connectivity index (χ3n) is 2.30. The number of nitrogens with one attached hydrogen (secondary N) is 2. The van der Waals surface area contributed by atoms with E-state index in [0.717, 1.165) is 17.6 Å². The van der Waals surface area contributed by atoms with Crippen LogP contribution in [0.15, 0.2) is 26.8 Å². The molecule has 0 aromatic carbocycles. The molecule has 1 atom stereocenters. The molecule has 0 amide bonds. The minimum atomic E-state index is -0.0558. The zero-order valence-electron chi connectivity index (χ0n) is 9.56. The number of nitrogens with zero attached hydrogens (tertiary/aromatic N) is 3. The molecule has 1 aliphatic heterocycles. The third kappa shape index (κ3) is 2.16. The van der Waals surface area contributed by atoms with Gasteiger partial charge in [-0.2, -0.15) is 11.3 Å². The van der Waals surface area contributed by atoms with E-state index in [9.17, 15) is 0 Å². The largest absolute Gasteiger partial charge is 0.359 e. The van der Waals surface area contributed by atoms with Crippen molar-refractivity contribution in [1.82, 2.24) is 10.6 Å². The second kappa shape index (κ2) is 4.52.